The highest BCUT2D eigenvalue weighted by Crippen LogP contribution is 2.34. The Morgan fingerprint density at radius 2 is 2.12 bits per heavy atom. The van der Waals surface area contributed by atoms with E-state index in [0.717, 1.165) is 13.0 Å². The van der Waals surface area contributed by atoms with Crippen LogP contribution in [0.1, 0.15) is 37.3 Å². The molecule has 17 heavy (non-hydrogen) atoms. The summed E-state index contributed by atoms with van der Waals surface area (Å²) in [6.45, 7) is 5.57. The van der Waals surface area contributed by atoms with Gasteiger partial charge in [-0.2, -0.15) is 0 Å². The molecule has 0 heterocycles. The van der Waals surface area contributed by atoms with Crippen LogP contribution >= 0.6 is 11.6 Å². The molecule has 1 N–H and O–H groups in total. The summed E-state index contributed by atoms with van der Waals surface area (Å²) in [6.07, 6.45) is 2.39. The van der Waals surface area contributed by atoms with Crippen LogP contribution in [0.5, 0.6) is 0 Å². The van der Waals surface area contributed by atoms with Gasteiger partial charge >= 0.3 is 0 Å². The fraction of sp³-hybridized carbons (Fsp3) is 0.600. The fourth-order valence-electron chi connectivity index (χ4n) is 2.62. The minimum atomic E-state index is 0.462. The molecule has 0 amide bonds. The van der Waals surface area contributed by atoms with Crippen molar-refractivity contribution in [3.8, 4) is 0 Å². The van der Waals surface area contributed by atoms with Gasteiger partial charge in [-0.3, -0.25) is 0 Å². The molecule has 1 aliphatic carbocycles. The summed E-state index contributed by atoms with van der Waals surface area (Å²) in [6, 6.07) is 9.22. The highest BCUT2D eigenvalue weighted by atomic mass is 35.5. The van der Waals surface area contributed by atoms with Crippen molar-refractivity contribution in [3.05, 3.63) is 35.4 Å². The van der Waals surface area contributed by atoms with Crippen LogP contribution in [0.4, 0.5) is 0 Å². The molecule has 2 rings (SSSR count). The first-order valence-corrected chi connectivity index (χ1v) is 7.11. The van der Waals surface area contributed by atoms with Gasteiger partial charge in [0, 0.05) is 24.4 Å². The summed E-state index contributed by atoms with van der Waals surface area (Å²) < 4.78 is 0. The average molecular weight is 252 g/mol. The Morgan fingerprint density at radius 1 is 1.35 bits per heavy atom. The third-order valence-corrected chi connectivity index (χ3v) is 3.93. The molecule has 0 saturated heterocycles. The zero-order valence-electron chi connectivity index (χ0n) is 10.7. The zero-order valence-corrected chi connectivity index (χ0v) is 11.5. The van der Waals surface area contributed by atoms with E-state index in [1.165, 1.54) is 17.5 Å². The van der Waals surface area contributed by atoms with Crippen molar-refractivity contribution in [2.75, 3.05) is 12.4 Å². The first kappa shape index (κ1) is 12.9. The van der Waals surface area contributed by atoms with Gasteiger partial charge in [-0.05, 0) is 29.9 Å². The number of halogens is 1. The maximum Gasteiger partial charge on any atom is 0.0377 e. The highest BCUT2D eigenvalue weighted by molar-refractivity contribution is 6.18. The van der Waals surface area contributed by atoms with Crippen LogP contribution in [0.15, 0.2) is 24.3 Å². The molecule has 1 nitrogen and oxygen atoms in total. The van der Waals surface area contributed by atoms with Crippen LogP contribution in [0.2, 0.25) is 0 Å². The zero-order chi connectivity index (χ0) is 12.3. The third-order valence-electron chi connectivity index (χ3n) is 3.56. The Bertz CT molecular complexity index is 362. The molecule has 0 radical (unpaired) electrons. The fourth-order valence-corrected chi connectivity index (χ4v) is 2.86. The molecular weight excluding hydrogens is 230 g/mol. The van der Waals surface area contributed by atoms with Crippen molar-refractivity contribution >= 4 is 11.6 Å². The predicted octanol–water partition coefficient (Wildman–Crippen LogP) is 3.57. The lowest BCUT2D eigenvalue weighted by molar-refractivity contribution is 0.419. The van der Waals surface area contributed by atoms with Gasteiger partial charge in [0.2, 0.25) is 0 Å². The van der Waals surface area contributed by atoms with E-state index in [9.17, 15) is 0 Å². The Kier molecular flexibility index (Phi) is 4.47. The summed E-state index contributed by atoms with van der Waals surface area (Å²) in [5.74, 6) is 2.12. The number of rotatable bonds is 6. The molecule has 2 heteroatoms. The van der Waals surface area contributed by atoms with E-state index in [0.29, 0.717) is 23.8 Å². The topological polar surface area (TPSA) is 12.0 Å². The van der Waals surface area contributed by atoms with Gasteiger partial charge in [0.25, 0.3) is 0 Å². The summed E-state index contributed by atoms with van der Waals surface area (Å²) in [7, 11) is 0. The van der Waals surface area contributed by atoms with Crippen molar-refractivity contribution in [1.29, 1.82) is 0 Å². The van der Waals surface area contributed by atoms with Crippen LogP contribution in [-0.4, -0.2) is 18.5 Å². The lowest BCUT2D eigenvalue weighted by Crippen LogP contribution is -2.37. The van der Waals surface area contributed by atoms with Crippen molar-refractivity contribution in [2.45, 2.75) is 38.6 Å². The SMILES string of the molecule is CC(C)CC(CCl)NCC1Cc2ccccc21. The summed E-state index contributed by atoms with van der Waals surface area (Å²) in [5, 5.41) is 3.61. The summed E-state index contributed by atoms with van der Waals surface area (Å²) in [5.41, 5.74) is 3.04. The van der Waals surface area contributed by atoms with Gasteiger partial charge in [-0.1, -0.05) is 38.1 Å². The van der Waals surface area contributed by atoms with Crippen LogP contribution in [-0.2, 0) is 6.42 Å². The number of fused-ring (bicyclic) bond motifs is 1. The third kappa shape index (κ3) is 3.23. The Labute approximate surface area is 110 Å². The lowest BCUT2D eigenvalue weighted by atomic mass is 9.77. The number of alkyl halides is 1. The monoisotopic (exact) mass is 251 g/mol. The second-order valence-corrected chi connectivity index (χ2v) is 5.80. The molecule has 0 aliphatic heterocycles. The Morgan fingerprint density at radius 3 is 2.76 bits per heavy atom. The molecule has 0 spiro atoms. The molecule has 2 unspecified atom stereocenters. The van der Waals surface area contributed by atoms with E-state index in [2.05, 4.69) is 43.4 Å². The first-order valence-electron chi connectivity index (χ1n) is 6.58. The van der Waals surface area contributed by atoms with E-state index in [4.69, 9.17) is 11.6 Å². The molecule has 0 aromatic heterocycles. The predicted molar refractivity (Wildman–Crippen MR) is 74.9 cm³/mol. The molecule has 1 aliphatic rings. The summed E-state index contributed by atoms with van der Waals surface area (Å²) >= 11 is 5.99. The normalized spacial score (nSPS) is 19.9. The number of hydrogen-bond acceptors (Lipinski definition) is 1. The maximum atomic E-state index is 5.99. The molecule has 94 valence electrons. The van der Waals surface area contributed by atoms with Gasteiger partial charge < -0.3 is 5.32 Å². The quantitative estimate of drug-likeness (QED) is 0.763. The van der Waals surface area contributed by atoms with Crippen molar-refractivity contribution in [3.63, 3.8) is 0 Å². The van der Waals surface area contributed by atoms with E-state index >= 15 is 0 Å². The highest BCUT2D eigenvalue weighted by Gasteiger charge is 2.25. The van der Waals surface area contributed by atoms with Gasteiger partial charge in [-0.15, -0.1) is 11.6 Å². The first-order chi connectivity index (χ1) is 8.20. The molecular formula is C15H22ClN. The number of benzene rings is 1. The number of hydrogen-bond donors (Lipinski definition) is 1. The second kappa shape index (κ2) is 5.88. The van der Waals surface area contributed by atoms with Crippen molar-refractivity contribution in [1.82, 2.24) is 5.32 Å². The van der Waals surface area contributed by atoms with Gasteiger partial charge in [0.05, 0.1) is 0 Å². The van der Waals surface area contributed by atoms with Gasteiger partial charge in [0.1, 0.15) is 0 Å². The van der Waals surface area contributed by atoms with E-state index in [1.807, 2.05) is 0 Å². The summed E-state index contributed by atoms with van der Waals surface area (Å²) in [4.78, 5) is 0. The second-order valence-electron chi connectivity index (χ2n) is 5.49. The molecule has 0 fully saturated rings. The Balaban J connectivity index is 1.80. The van der Waals surface area contributed by atoms with Crippen molar-refractivity contribution < 1.29 is 0 Å². The molecule has 1 aromatic rings. The van der Waals surface area contributed by atoms with Gasteiger partial charge in [0.15, 0.2) is 0 Å². The van der Waals surface area contributed by atoms with Crippen LogP contribution in [0.25, 0.3) is 0 Å². The minimum absolute atomic E-state index is 0.462. The number of nitrogens with one attached hydrogen (secondary N) is 1. The average Bonchev–Trinajstić information content (AvgIpc) is 2.28. The molecule has 0 saturated carbocycles. The van der Waals surface area contributed by atoms with E-state index in [-0.39, 0.29) is 0 Å². The van der Waals surface area contributed by atoms with Crippen LogP contribution in [0, 0.1) is 5.92 Å². The van der Waals surface area contributed by atoms with Gasteiger partial charge in [-0.25, -0.2) is 0 Å². The minimum Gasteiger partial charge on any atom is -0.312 e. The standard InChI is InChI=1S/C15H22ClN/c1-11(2)7-14(9-16)17-10-13-8-12-5-3-4-6-15(12)13/h3-6,11,13-14,17H,7-10H2,1-2H3. The van der Waals surface area contributed by atoms with E-state index < -0.39 is 0 Å². The molecule has 2 atom stereocenters. The largest absolute Gasteiger partial charge is 0.312 e. The lowest BCUT2D eigenvalue weighted by Gasteiger charge is -2.32. The van der Waals surface area contributed by atoms with E-state index in [1.54, 1.807) is 0 Å². The van der Waals surface area contributed by atoms with Crippen LogP contribution < -0.4 is 5.32 Å². The smallest absolute Gasteiger partial charge is 0.0377 e. The molecule has 1 aromatic carbocycles. The van der Waals surface area contributed by atoms with Crippen LogP contribution in [0.3, 0.4) is 0 Å². The van der Waals surface area contributed by atoms with Crippen molar-refractivity contribution in [2.24, 2.45) is 5.92 Å². The molecule has 0 bridgehead atoms. The maximum absolute atomic E-state index is 5.99. The Hall–Kier alpha value is -0.530.